The summed E-state index contributed by atoms with van der Waals surface area (Å²) in [6.45, 7) is 20.5. The van der Waals surface area contributed by atoms with Crippen LogP contribution in [0.1, 0.15) is 79.3 Å². The van der Waals surface area contributed by atoms with Crippen molar-refractivity contribution in [2.45, 2.75) is 78.6 Å². The third-order valence-electron chi connectivity index (χ3n) is 11.5. The maximum Gasteiger partial charge on any atom is 0.269 e. The van der Waals surface area contributed by atoms with Crippen molar-refractivity contribution in [2.75, 3.05) is 0 Å². The molecule has 0 radical (unpaired) electrons. The van der Waals surface area contributed by atoms with E-state index < -0.39 is 0 Å². The minimum Gasteiger partial charge on any atom is -0.458 e. The smallest absolute Gasteiger partial charge is 0.269 e. The molecule has 9 rings (SSSR count). The van der Waals surface area contributed by atoms with Gasteiger partial charge in [0.2, 0.25) is 0 Å². The molecule has 0 saturated carbocycles. The minimum atomic E-state index is -0.192. The highest BCUT2D eigenvalue weighted by Crippen LogP contribution is 2.39. The van der Waals surface area contributed by atoms with Gasteiger partial charge >= 0.3 is 0 Å². The monoisotopic (exact) mass is 798 g/mol. The van der Waals surface area contributed by atoms with E-state index >= 15 is 0 Å². The molecule has 9 aromatic rings. The van der Waals surface area contributed by atoms with Gasteiger partial charge in [-0.25, -0.2) is 4.98 Å². The fourth-order valence-corrected chi connectivity index (χ4v) is 8.55. The molecule has 0 aliphatic carbocycles. The van der Waals surface area contributed by atoms with Crippen LogP contribution in [0.2, 0.25) is 0 Å². The van der Waals surface area contributed by atoms with Crippen LogP contribution in [0.3, 0.4) is 0 Å². The van der Waals surface area contributed by atoms with E-state index in [1.165, 1.54) is 44.6 Å². The summed E-state index contributed by atoms with van der Waals surface area (Å²) in [6, 6.07) is 55.8. The van der Waals surface area contributed by atoms with Crippen LogP contribution in [0.15, 0.2) is 164 Å². The lowest BCUT2D eigenvalue weighted by Gasteiger charge is -2.29. The summed E-state index contributed by atoms with van der Waals surface area (Å²) in [5.74, 6) is 2.38. The van der Waals surface area contributed by atoms with Gasteiger partial charge in [-0.05, 0) is 111 Å². The second kappa shape index (κ2) is 15.1. The first kappa shape index (κ1) is 39.7. The van der Waals surface area contributed by atoms with E-state index in [2.05, 4.69) is 234 Å². The van der Waals surface area contributed by atoms with Crippen molar-refractivity contribution in [2.24, 2.45) is 0 Å². The number of rotatable bonds is 7. The molecule has 0 spiro atoms. The van der Waals surface area contributed by atoms with Crippen molar-refractivity contribution in [1.82, 2.24) is 14.1 Å². The van der Waals surface area contributed by atoms with Crippen molar-refractivity contribution >= 4 is 21.8 Å². The summed E-state index contributed by atoms with van der Waals surface area (Å²) >= 11 is 0. The van der Waals surface area contributed by atoms with Crippen molar-refractivity contribution in [3.63, 3.8) is 0 Å². The van der Waals surface area contributed by atoms with Gasteiger partial charge < -0.3 is 4.74 Å². The van der Waals surface area contributed by atoms with Gasteiger partial charge in [0.05, 0.1) is 33.8 Å². The Bertz CT molecular complexity index is 3020. The summed E-state index contributed by atoms with van der Waals surface area (Å²) < 4.78 is 13.6. The average Bonchev–Trinajstić information content (AvgIpc) is 3.82. The Morgan fingerprint density at radius 1 is 0.508 bits per heavy atom. The number of benzene rings is 6. The van der Waals surface area contributed by atoms with Crippen LogP contribution in [0.25, 0.3) is 61.3 Å². The third-order valence-corrected chi connectivity index (χ3v) is 11.5. The Kier molecular flexibility index (Phi) is 9.82. The first-order chi connectivity index (χ1) is 29.1. The molecule has 3 aromatic heterocycles. The molecule has 0 amide bonds. The Labute approximate surface area is 360 Å². The predicted octanol–water partition coefficient (Wildman–Crippen LogP) is 14.1. The summed E-state index contributed by atoms with van der Waals surface area (Å²) in [7, 11) is 0. The lowest BCUT2D eigenvalue weighted by molar-refractivity contribution is -0.611. The average molecular weight is 799 g/mol. The van der Waals surface area contributed by atoms with Crippen molar-refractivity contribution in [1.29, 1.82) is 0 Å². The predicted molar refractivity (Wildman–Crippen MR) is 252 cm³/mol. The van der Waals surface area contributed by atoms with E-state index in [-0.39, 0.29) is 16.2 Å². The fourth-order valence-electron chi connectivity index (χ4n) is 8.55. The lowest BCUT2D eigenvalue weighted by Crippen LogP contribution is -2.40. The standard InChI is InChI=1S/C56H54N4O/c1-54(2,3)42-31-32-57-51(34-42)60-49-30-25-41(39-19-14-11-15-20-39)33-48(49)47-29-28-46(36-50(47)60)61-45-22-16-21-44(35-45)59-37-58(52(55(4,5)6)53(59)56(7,8)9)43-26-23-40(24-27-43)38-17-12-10-13-18-38/h10-36H,1-9H3. The number of imidazole rings is 1. The number of pyridine rings is 1. The molecule has 5 heteroatoms. The van der Waals surface area contributed by atoms with Crippen molar-refractivity contribution in [3.8, 4) is 50.9 Å². The SMILES string of the molecule is CC(C)(C)c1ccnc(-n2c3ccc(-c4ccccc4)cc3c3ccc(Oc4cccc(-n5[c-][n+](-c6ccc(-c7ccccc7)cc6)c(C(C)(C)C)c5C(C)(C)C)c4)cc32)c1. The van der Waals surface area contributed by atoms with Gasteiger partial charge in [0.15, 0.2) is 0 Å². The number of hydrogen-bond acceptors (Lipinski definition) is 2. The molecule has 304 valence electrons. The summed E-state index contributed by atoms with van der Waals surface area (Å²) in [5.41, 5.74) is 12.2. The van der Waals surface area contributed by atoms with Crippen LogP contribution < -0.4 is 9.30 Å². The summed E-state index contributed by atoms with van der Waals surface area (Å²) in [6.07, 6.45) is 5.74. The molecule has 0 aliphatic heterocycles. The molecule has 6 aromatic carbocycles. The lowest BCUT2D eigenvalue weighted by atomic mass is 9.81. The number of ether oxygens (including phenoxy) is 1. The number of nitrogens with zero attached hydrogens (tertiary/aromatic N) is 4. The molecular formula is C56H54N4O. The normalized spacial score (nSPS) is 12.3. The van der Waals surface area contributed by atoms with Crippen LogP contribution >= 0.6 is 0 Å². The quantitative estimate of drug-likeness (QED) is 0.119. The molecule has 3 heterocycles. The molecule has 61 heavy (non-hydrogen) atoms. The molecule has 5 nitrogen and oxygen atoms in total. The van der Waals surface area contributed by atoms with Gasteiger partial charge in [0, 0.05) is 23.0 Å². The maximum absolute atomic E-state index is 6.81. The van der Waals surface area contributed by atoms with Gasteiger partial charge in [-0.2, -0.15) is 0 Å². The van der Waals surface area contributed by atoms with Gasteiger partial charge in [-0.15, -0.1) is 0 Å². The van der Waals surface area contributed by atoms with E-state index in [0.29, 0.717) is 0 Å². The Balaban J connectivity index is 1.14. The molecule has 0 unspecified atom stereocenters. The minimum absolute atomic E-state index is 0.0276. The molecule has 0 atom stereocenters. The van der Waals surface area contributed by atoms with Crippen LogP contribution in [0, 0.1) is 6.33 Å². The molecule has 0 N–H and O–H groups in total. The zero-order chi connectivity index (χ0) is 42.7. The Hall–Kier alpha value is -6.72. The molecule has 0 bridgehead atoms. The third kappa shape index (κ3) is 7.66. The summed E-state index contributed by atoms with van der Waals surface area (Å²) in [5, 5.41) is 2.31. The van der Waals surface area contributed by atoms with Crippen LogP contribution in [-0.2, 0) is 16.2 Å². The number of fused-ring (bicyclic) bond motifs is 3. The second-order valence-electron chi connectivity index (χ2n) is 19.2. The van der Waals surface area contributed by atoms with Crippen molar-refractivity contribution < 1.29 is 9.30 Å². The van der Waals surface area contributed by atoms with Gasteiger partial charge in [0.1, 0.15) is 17.3 Å². The zero-order valence-corrected chi connectivity index (χ0v) is 36.8. The molecule has 0 fully saturated rings. The maximum atomic E-state index is 6.81. The van der Waals surface area contributed by atoms with Crippen LogP contribution in [-0.4, -0.2) is 14.1 Å². The van der Waals surface area contributed by atoms with Crippen LogP contribution in [0.5, 0.6) is 11.5 Å². The van der Waals surface area contributed by atoms with Gasteiger partial charge in [-0.1, -0.05) is 147 Å². The second-order valence-corrected chi connectivity index (χ2v) is 19.2. The first-order valence-electron chi connectivity index (χ1n) is 21.3. The van der Waals surface area contributed by atoms with Gasteiger partial charge in [0.25, 0.3) is 6.33 Å². The topological polar surface area (TPSA) is 35.9 Å². The van der Waals surface area contributed by atoms with Crippen molar-refractivity contribution in [3.05, 3.63) is 187 Å². The van der Waals surface area contributed by atoms with E-state index in [4.69, 9.17) is 9.72 Å². The first-order valence-corrected chi connectivity index (χ1v) is 21.3. The zero-order valence-electron chi connectivity index (χ0n) is 36.8. The molecule has 0 saturated heterocycles. The van der Waals surface area contributed by atoms with E-state index in [1.54, 1.807) is 0 Å². The van der Waals surface area contributed by atoms with E-state index in [1.807, 2.05) is 12.3 Å². The van der Waals surface area contributed by atoms with E-state index in [9.17, 15) is 0 Å². The van der Waals surface area contributed by atoms with Crippen LogP contribution in [0.4, 0.5) is 0 Å². The Morgan fingerprint density at radius 2 is 1.15 bits per heavy atom. The molecular weight excluding hydrogens is 745 g/mol. The highest BCUT2D eigenvalue weighted by molar-refractivity contribution is 6.10. The highest BCUT2D eigenvalue weighted by atomic mass is 16.5. The fraction of sp³-hybridized carbons (Fsp3) is 0.214. The molecule has 0 aliphatic rings. The largest absolute Gasteiger partial charge is 0.458 e. The van der Waals surface area contributed by atoms with Gasteiger partial charge in [-0.3, -0.25) is 13.7 Å². The Morgan fingerprint density at radius 3 is 1.80 bits per heavy atom. The van der Waals surface area contributed by atoms with E-state index in [0.717, 1.165) is 45.1 Å². The summed E-state index contributed by atoms with van der Waals surface area (Å²) in [4.78, 5) is 4.94. The number of hydrogen-bond donors (Lipinski definition) is 0. The number of aromatic nitrogens is 4. The highest BCUT2D eigenvalue weighted by Gasteiger charge is 2.34.